The van der Waals surface area contributed by atoms with Gasteiger partial charge in [-0.05, 0) is 23.8 Å². The Morgan fingerprint density at radius 1 is 1.56 bits per heavy atom. The van der Waals surface area contributed by atoms with Crippen molar-refractivity contribution in [2.45, 2.75) is 0 Å². The normalized spacial score (nSPS) is 10.8. The van der Waals surface area contributed by atoms with Crippen LogP contribution in [0, 0.1) is 0 Å². The Hall–Kier alpha value is -1.33. The Kier molecular flexibility index (Phi) is 5.88. The zero-order valence-electron chi connectivity index (χ0n) is 10.4. The molecule has 98 valence electrons. The lowest BCUT2D eigenvalue weighted by atomic mass is 10.1. The molecule has 0 aliphatic carbocycles. The summed E-state index contributed by atoms with van der Waals surface area (Å²) >= 11 is 3.41. The maximum Gasteiger partial charge on any atom is 0.328 e. The summed E-state index contributed by atoms with van der Waals surface area (Å²) in [5.41, 5.74) is 1.82. The number of likely N-dealkylation sites (N-methyl/N-ethyl adjacent to an activating group) is 1. The Balaban J connectivity index is 2.99. The fraction of sp³-hybridized carbons (Fsp3) is 0.308. The number of carboxylic acids is 1. The van der Waals surface area contributed by atoms with Crippen LogP contribution >= 0.6 is 15.9 Å². The van der Waals surface area contributed by atoms with E-state index in [9.17, 15) is 4.79 Å². The third kappa shape index (κ3) is 4.50. The van der Waals surface area contributed by atoms with Gasteiger partial charge in [-0.15, -0.1) is 0 Å². The van der Waals surface area contributed by atoms with Crippen molar-refractivity contribution in [2.75, 3.05) is 32.2 Å². The number of rotatable bonds is 6. The summed E-state index contributed by atoms with van der Waals surface area (Å²) in [6.45, 7) is 1.35. The Bertz CT molecular complexity index is 446. The number of hydrogen-bond acceptors (Lipinski definition) is 3. The molecule has 0 atom stereocenters. The van der Waals surface area contributed by atoms with E-state index in [1.807, 2.05) is 30.1 Å². The molecule has 0 amide bonds. The number of carbonyl (C=O) groups is 1. The number of anilines is 1. The van der Waals surface area contributed by atoms with Gasteiger partial charge in [0.05, 0.1) is 6.61 Å². The molecule has 5 heteroatoms. The Labute approximate surface area is 115 Å². The molecule has 0 saturated heterocycles. The molecule has 0 saturated carbocycles. The zero-order chi connectivity index (χ0) is 13.5. The lowest BCUT2D eigenvalue weighted by molar-refractivity contribution is -0.131. The van der Waals surface area contributed by atoms with Crippen LogP contribution in [0.5, 0.6) is 0 Å². The molecule has 0 radical (unpaired) electrons. The standard InChI is InChI=1S/C13H16BrNO3/c1-15(7-8-18-2)12-9-11(14)5-3-10(12)4-6-13(16)17/h3-6,9H,7-8H2,1-2H3,(H,16,17). The summed E-state index contributed by atoms with van der Waals surface area (Å²) < 4.78 is 5.99. The van der Waals surface area contributed by atoms with Crippen molar-refractivity contribution in [1.29, 1.82) is 0 Å². The largest absolute Gasteiger partial charge is 0.478 e. The minimum atomic E-state index is -0.955. The van der Waals surface area contributed by atoms with E-state index in [0.29, 0.717) is 6.61 Å². The fourth-order valence-corrected chi connectivity index (χ4v) is 1.85. The lowest BCUT2D eigenvalue weighted by Crippen LogP contribution is -2.22. The SMILES string of the molecule is COCCN(C)c1cc(Br)ccc1C=CC(=O)O. The van der Waals surface area contributed by atoms with Crippen molar-refractivity contribution in [2.24, 2.45) is 0 Å². The molecule has 0 aromatic heterocycles. The van der Waals surface area contributed by atoms with E-state index < -0.39 is 5.97 Å². The van der Waals surface area contributed by atoms with E-state index >= 15 is 0 Å². The van der Waals surface area contributed by atoms with E-state index in [4.69, 9.17) is 9.84 Å². The van der Waals surface area contributed by atoms with Gasteiger partial charge in [0.1, 0.15) is 0 Å². The number of aliphatic carboxylic acids is 1. The molecule has 0 unspecified atom stereocenters. The van der Waals surface area contributed by atoms with Crippen molar-refractivity contribution in [3.63, 3.8) is 0 Å². The minimum Gasteiger partial charge on any atom is -0.478 e. The van der Waals surface area contributed by atoms with Gasteiger partial charge in [-0.1, -0.05) is 22.0 Å². The van der Waals surface area contributed by atoms with Gasteiger partial charge >= 0.3 is 5.97 Å². The summed E-state index contributed by atoms with van der Waals surface area (Å²) in [7, 11) is 3.60. The molecule has 0 aliphatic rings. The minimum absolute atomic E-state index is 0.616. The van der Waals surface area contributed by atoms with Crippen LogP contribution in [-0.4, -0.2) is 38.4 Å². The first kappa shape index (κ1) is 14.7. The van der Waals surface area contributed by atoms with Crippen molar-refractivity contribution >= 4 is 33.7 Å². The van der Waals surface area contributed by atoms with Crippen LogP contribution in [0.3, 0.4) is 0 Å². The third-order valence-electron chi connectivity index (χ3n) is 2.44. The molecular formula is C13H16BrNO3. The number of ether oxygens (including phenoxy) is 1. The predicted molar refractivity (Wildman–Crippen MR) is 76.0 cm³/mol. The van der Waals surface area contributed by atoms with Crippen molar-refractivity contribution in [3.8, 4) is 0 Å². The molecule has 0 spiro atoms. The zero-order valence-corrected chi connectivity index (χ0v) is 12.0. The first-order valence-electron chi connectivity index (χ1n) is 5.45. The highest BCUT2D eigenvalue weighted by atomic mass is 79.9. The van der Waals surface area contributed by atoms with E-state index in [0.717, 1.165) is 28.3 Å². The number of hydrogen-bond donors (Lipinski definition) is 1. The van der Waals surface area contributed by atoms with Crippen LogP contribution in [0.25, 0.3) is 6.08 Å². The van der Waals surface area contributed by atoms with Crippen LogP contribution in [-0.2, 0) is 9.53 Å². The van der Waals surface area contributed by atoms with Crippen LogP contribution in [0.1, 0.15) is 5.56 Å². The maximum atomic E-state index is 10.6. The van der Waals surface area contributed by atoms with E-state index in [2.05, 4.69) is 15.9 Å². The maximum absolute atomic E-state index is 10.6. The van der Waals surface area contributed by atoms with E-state index in [1.54, 1.807) is 13.2 Å². The van der Waals surface area contributed by atoms with Crippen molar-refractivity contribution < 1.29 is 14.6 Å². The van der Waals surface area contributed by atoms with Gasteiger partial charge in [0.2, 0.25) is 0 Å². The second-order valence-electron chi connectivity index (χ2n) is 3.79. The Morgan fingerprint density at radius 2 is 2.28 bits per heavy atom. The first-order chi connectivity index (χ1) is 8.54. The summed E-state index contributed by atoms with van der Waals surface area (Å²) in [4.78, 5) is 12.6. The molecule has 18 heavy (non-hydrogen) atoms. The van der Waals surface area contributed by atoms with Gasteiger partial charge in [-0.25, -0.2) is 4.79 Å². The van der Waals surface area contributed by atoms with Crippen LogP contribution < -0.4 is 4.90 Å². The van der Waals surface area contributed by atoms with Gasteiger partial charge in [0.25, 0.3) is 0 Å². The van der Waals surface area contributed by atoms with Gasteiger partial charge in [0.15, 0.2) is 0 Å². The highest BCUT2D eigenvalue weighted by molar-refractivity contribution is 9.10. The molecule has 4 nitrogen and oxygen atoms in total. The number of nitrogens with zero attached hydrogens (tertiary/aromatic N) is 1. The molecule has 0 heterocycles. The second-order valence-corrected chi connectivity index (χ2v) is 4.70. The highest BCUT2D eigenvalue weighted by Gasteiger charge is 2.06. The highest BCUT2D eigenvalue weighted by Crippen LogP contribution is 2.25. The van der Waals surface area contributed by atoms with Gasteiger partial charge in [-0.3, -0.25) is 0 Å². The summed E-state index contributed by atoms with van der Waals surface area (Å²) in [5.74, 6) is -0.955. The number of methoxy groups -OCH3 is 1. The molecule has 1 aromatic carbocycles. The number of carboxylic acid groups (broad SMARTS) is 1. The Morgan fingerprint density at radius 3 is 2.89 bits per heavy atom. The summed E-state index contributed by atoms with van der Waals surface area (Å²) in [5, 5.41) is 8.67. The smallest absolute Gasteiger partial charge is 0.328 e. The number of halogens is 1. The van der Waals surface area contributed by atoms with Gasteiger partial charge in [-0.2, -0.15) is 0 Å². The van der Waals surface area contributed by atoms with Gasteiger partial charge in [0, 0.05) is 36.9 Å². The van der Waals surface area contributed by atoms with Crippen LogP contribution in [0.2, 0.25) is 0 Å². The van der Waals surface area contributed by atoms with E-state index in [1.165, 1.54) is 0 Å². The topological polar surface area (TPSA) is 49.8 Å². The predicted octanol–water partition coefficient (Wildman–Crippen LogP) is 2.63. The average Bonchev–Trinajstić information content (AvgIpc) is 2.34. The molecule has 0 aliphatic heterocycles. The third-order valence-corrected chi connectivity index (χ3v) is 2.93. The first-order valence-corrected chi connectivity index (χ1v) is 6.24. The lowest BCUT2D eigenvalue weighted by Gasteiger charge is -2.21. The number of benzene rings is 1. The molecule has 1 aromatic rings. The van der Waals surface area contributed by atoms with Crippen LogP contribution in [0.4, 0.5) is 5.69 Å². The van der Waals surface area contributed by atoms with E-state index in [-0.39, 0.29) is 0 Å². The van der Waals surface area contributed by atoms with Crippen LogP contribution in [0.15, 0.2) is 28.7 Å². The quantitative estimate of drug-likeness (QED) is 0.820. The summed E-state index contributed by atoms with van der Waals surface area (Å²) in [6.07, 6.45) is 2.73. The average molecular weight is 314 g/mol. The second kappa shape index (κ2) is 7.18. The van der Waals surface area contributed by atoms with Crippen molar-refractivity contribution in [1.82, 2.24) is 0 Å². The molecule has 0 fully saturated rings. The molecule has 1 rings (SSSR count). The molecular weight excluding hydrogens is 298 g/mol. The fourth-order valence-electron chi connectivity index (χ4n) is 1.50. The molecule has 0 bridgehead atoms. The molecule has 1 N–H and O–H groups in total. The summed E-state index contributed by atoms with van der Waals surface area (Å²) in [6, 6.07) is 5.72. The monoisotopic (exact) mass is 313 g/mol. The van der Waals surface area contributed by atoms with Gasteiger partial charge < -0.3 is 14.7 Å². The van der Waals surface area contributed by atoms with Crippen molar-refractivity contribution in [3.05, 3.63) is 34.3 Å².